The minimum Gasteiger partial charge on any atom is -0.423 e. The molecule has 0 radical (unpaired) electrons. The molecule has 0 aromatic heterocycles. The van der Waals surface area contributed by atoms with Crippen LogP contribution in [0.15, 0.2) is 97.1 Å². The van der Waals surface area contributed by atoms with Gasteiger partial charge in [-0.1, -0.05) is 6.07 Å². The predicted molar refractivity (Wildman–Crippen MR) is 133 cm³/mol. The molecular weight excluding hydrogens is 492 g/mol. The maximum Gasteiger partial charge on any atom is 0.343 e. The molecule has 38 heavy (non-hydrogen) atoms. The van der Waals surface area contributed by atoms with E-state index in [9.17, 15) is 28.8 Å². The number of anilines is 2. The lowest BCUT2D eigenvalue weighted by atomic mass is 10.2. The molecule has 2 aliphatic rings. The molecule has 0 N–H and O–H groups in total. The lowest BCUT2D eigenvalue weighted by Gasteiger charge is -2.14. The van der Waals surface area contributed by atoms with Crippen molar-refractivity contribution in [3.05, 3.63) is 108 Å². The van der Waals surface area contributed by atoms with Gasteiger partial charge in [0.2, 0.25) is 0 Å². The Labute approximate surface area is 215 Å². The van der Waals surface area contributed by atoms with Crippen LogP contribution in [0.25, 0.3) is 0 Å². The fraction of sp³-hybridized carbons (Fsp3) is 0. The molecular formula is C28H16N2O8. The molecule has 0 atom stereocenters. The van der Waals surface area contributed by atoms with Crippen LogP contribution in [0.3, 0.4) is 0 Å². The van der Waals surface area contributed by atoms with E-state index in [-0.39, 0.29) is 22.6 Å². The summed E-state index contributed by atoms with van der Waals surface area (Å²) in [6.45, 7) is 0. The minimum absolute atomic E-state index is 0.118. The average Bonchev–Trinajstić information content (AvgIpc) is 3.43. The molecule has 2 heterocycles. The van der Waals surface area contributed by atoms with Gasteiger partial charge >= 0.3 is 11.9 Å². The van der Waals surface area contributed by atoms with Gasteiger partial charge in [-0.2, -0.15) is 0 Å². The Hall–Kier alpha value is -5.64. The number of rotatable bonds is 6. The third-order valence-electron chi connectivity index (χ3n) is 5.57. The zero-order valence-corrected chi connectivity index (χ0v) is 19.4. The monoisotopic (exact) mass is 508 g/mol. The highest BCUT2D eigenvalue weighted by atomic mass is 16.5. The van der Waals surface area contributed by atoms with Crippen LogP contribution in [0.5, 0.6) is 11.5 Å². The summed E-state index contributed by atoms with van der Waals surface area (Å²) < 4.78 is 10.7. The summed E-state index contributed by atoms with van der Waals surface area (Å²) in [7, 11) is 0. The average molecular weight is 508 g/mol. The largest absolute Gasteiger partial charge is 0.423 e. The Morgan fingerprint density at radius 2 is 0.842 bits per heavy atom. The first-order chi connectivity index (χ1) is 18.3. The Morgan fingerprint density at radius 3 is 1.18 bits per heavy atom. The summed E-state index contributed by atoms with van der Waals surface area (Å²) in [5, 5.41) is 0. The number of hydrogen-bond acceptors (Lipinski definition) is 8. The second-order valence-electron chi connectivity index (χ2n) is 8.04. The van der Waals surface area contributed by atoms with Gasteiger partial charge < -0.3 is 9.47 Å². The van der Waals surface area contributed by atoms with E-state index >= 15 is 0 Å². The first-order valence-corrected chi connectivity index (χ1v) is 11.2. The molecule has 2 aliphatic heterocycles. The summed E-state index contributed by atoms with van der Waals surface area (Å²) in [4.78, 5) is 74.3. The number of ether oxygens (including phenoxy) is 2. The summed E-state index contributed by atoms with van der Waals surface area (Å²) in [6, 6.07) is 17.4. The van der Waals surface area contributed by atoms with Gasteiger partial charge in [0.1, 0.15) is 11.5 Å². The molecule has 3 aromatic carbocycles. The van der Waals surface area contributed by atoms with Crippen LogP contribution in [0, 0.1) is 0 Å². The fourth-order valence-electron chi connectivity index (χ4n) is 3.74. The standard InChI is InChI=1S/C28H16N2O8/c31-23-12-13-24(32)29(23)19-8-4-17(5-9-19)27(35)37-21-2-1-3-22(16-21)38-28(36)18-6-10-20(11-7-18)30-25(33)14-15-26(30)34/h1-16H. The SMILES string of the molecule is O=C(Oc1cccc(OC(=O)c2ccc(N3C(=O)C=CC3=O)cc2)c1)c1ccc(N2C(=O)C=CC2=O)cc1. The maximum atomic E-state index is 12.6. The first-order valence-electron chi connectivity index (χ1n) is 11.2. The van der Waals surface area contributed by atoms with E-state index in [4.69, 9.17) is 9.47 Å². The van der Waals surface area contributed by atoms with Gasteiger partial charge in [0.05, 0.1) is 22.5 Å². The van der Waals surface area contributed by atoms with Crippen molar-refractivity contribution in [2.24, 2.45) is 0 Å². The number of carbonyl (C=O) groups excluding carboxylic acids is 6. The predicted octanol–water partition coefficient (Wildman–Crippen LogP) is 2.98. The van der Waals surface area contributed by atoms with Crippen LogP contribution in [0.1, 0.15) is 20.7 Å². The lowest BCUT2D eigenvalue weighted by molar-refractivity contribution is -0.121. The first kappa shape index (κ1) is 24.1. The van der Waals surface area contributed by atoms with Crippen LogP contribution in [-0.4, -0.2) is 35.6 Å². The third-order valence-corrected chi connectivity index (χ3v) is 5.57. The highest BCUT2D eigenvalue weighted by Crippen LogP contribution is 2.24. The van der Waals surface area contributed by atoms with Crippen LogP contribution in [-0.2, 0) is 19.2 Å². The van der Waals surface area contributed by atoms with E-state index in [0.29, 0.717) is 11.4 Å². The maximum absolute atomic E-state index is 12.6. The zero-order valence-electron chi connectivity index (χ0n) is 19.4. The molecule has 0 aliphatic carbocycles. The van der Waals surface area contributed by atoms with Crippen molar-refractivity contribution in [3.63, 3.8) is 0 Å². The highest BCUT2D eigenvalue weighted by Gasteiger charge is 2.26. The number of imide groups is 2. The van der Waals surface area contributed by atoms with E-state index in [0.717, 1.165) is 34.1 Å². The van der Waals surface area contributed by atoms with Gasteiger partial charge in [-0.25, -0.2) is 19.4 Å². The molecule has 10 nitrogen and oxygen atoms in total. The summed E-state index contributed by atoms with van der Waals surface area (Å²) in [5.41, 5.74) is 0.986. The number of nitrogens with zero attached hydrogens (tertiary/aromatic N) is 2. The summed E-state index contributed by atoms with van der Waals surface area (Å²) in [5.74, 6) is -3.05. The normalized spacial score (nSPS) is 14.4. The minimum atomic E-state index is -0.701. The number of amides is 4. The molecule has 0 spiro atoms. The summed E-state index contributed by atoms with van der Waals surface area (Å²) in [6.07, 6.45) is 4.65. The van der Waals surface area contributed by atoms with Crippen molar-refractivity contribution >= 4 is 46.9 Å². The zero-order chi connectivity index (χ0) is 26.8. The topological polar surface area (TPSA) is 127 Å². The van der Waals surface area contributed by atoms with Gasteiger partial charge in [-0.15, -0.1) is 0 Å². The molecule has 0 bridgehead atoms. The Kier molecular flexibility index (Phi) is 6.20. The Bertz CT molecular complexity index is 1420. The van der Waals surface area contributed by atoms with Crippen LogP contribution < -0.4 is 19.3 Å². The van der Waals surface area contributed by atoms with Gasteiger partial charge in [0, 0.05) is 30.4 Å². The van der Waals surface area contributed by atoms with Crippen LogP contribution in [0.2, 0.25) is 0 Å². The van der Waals surface area contributed by atoms with Crippen LogP contribution >= 0.6 is 0 Å². The smallest absolute Gasteiger partial charge is 0.343 e. The van der Waals surface area contributed by atoms with E-state index in [2.05, 4.69) is 0 Å². The summed E-state index contributed by atoms with van der Waals surface area (Å²) >= 11 is 0. The van der Waals surface area contributed by atoms with Crippen molar-refractivity contribution in [1.29, 1.82) is 0 Å². The van der Waals surface area contributed by atoms with E-state index < -0.39 is 35.6 Å². The molecule has 0 unspecified atom stereocenters. The van der Waals surface area contributed by atoms with Crippen molar-refractivity contribution in [1.82, 2.24) is 0 Å². The quantitative estimate of drug-likeness (QED) is 0.283. The van der Waals surface area contributed by atoms with Gasteiger partial charge in [-0.3, -0.25) is 19.2 Å². The molecule has 0 saturated heterocycles. The lowest BCUT2D eigenvalue weighted by Crippen LogP contribution is -2.29. The van der Waals surface area contributed by atoms with Gasteiger partial charge in [0.15, 0.2) is 0 Å². The second-order valence-corrected chi connectivity index (χ2v) is 8.04. The van der Waals surface area contributed by atoms with Crippen molar-refractivity contribution in [2.75, 3.05) is 9.80 Å². The number of carbonyl (C=O) groups is 6. The second kappa shape index (κ2) is 9.78. The molecule has 0 saturated carbocycles. The number of hydrogen-bond donors (Lipinski definition) is 0. The molecule has 3 aromatic rings. The van der Waals surface area contributed by atoms with E-state index in [1.165, 1.54) is 72.8 Å². The fourth-order valence-corrected chi connectivity index (χ4v) is 3.74. The Balaban J connectivity index is 1.22. The molecule has 186 valence electrons. The number of benzene rings is 3. The van der Waals surface area contributed by atoms with Crippen molar-refractivity contribution in [2.45, 2.75) is 0 Å². The molecule has 5 rings (SSSR count). The van der Waals surface area contributed by atoms with Crippen LogP contribution in [0.4, 0.5) is 11.4 Å². The van der Waals surface area contributed by atoms with Gasteiger partial charge in [0.25, 0.3) is 23.6 Å². The van der Waals surface area contributed by atoms with E-state index in [1.54, 1.807) is 0 Å². The molecule has 0 fully saturated rings. The Morgan fingerprint density at radius 1 is 0.500 bits per heavy atom. The third kappa shape index (κ3) is 4.73. The molecule has 4 amide bonds. The van der Waals surface area contributed by atoms with E-state index in [1.807, 2.05) is 0 Å². The van der Waals surface area contributed by atoms with Gasteiger partial charge in [-0.05, 0) is 60.7 Å². The van der Waals surface area contributed by atoms with Crippen molar-refractivity contribution < 1.29 is 38.2 Å². The molecule has 10 heteroatoms. The highest BCUT2D eigenvalue weighted by molar-refractivity contribution is 6.28. The number of esters is 2. The van der Waals surface area contributed by atoms with Crippen molar-refractivity contribution in [3.8, 4) is 11.5 Å².